The van der Waals surface area contributed by atoms with Gasteiger partial charge in [-0.2, -0.15) is 0 Å². The van der Waals surface area contributed by atoms with E-state index in [9.17, 15) is 4.39 Å². The molecule has 0 heterocycles. The average molecular weight is 415 g/mol. The van der Waals surface area contributed by atoms with Crippen LogP contribution in [0.4, 0.5) is 4.39 Å². The van der Waals surface area contributed by atoms with E-state index in [4.69, 9.17) is 4.74 Å². The molecule has 0 amide bonds. The van der Waals surface area contributed by atoms with Gasteiger partial charge in [0, 0.05) is 11.1 Å². The lowest BCUT2D eigenvalue weighted by molar-refractivity contribution is 0.133. The molecule has 2 heteroatoms. The summed E-state index contributed by atoms with van der Waals surface area (Å²) in [4.78, 5) is 0. The first-order valence-corrected chi connectivity index (χ1v) is 11.4. The molecule has 0 bridgehead atoms. The van der Waals surface area contributed by atoms with Gasteiger partial charge >= 0.3 is 0 Å². The van der Waals surface area contributed by atoms with Crippen LogP contribution >= 0.6 is 0 Å². The molecule has 0 N–H and O–H groups in total. The minimum atomic E-state index is -0.401. The maximum Gasteiger partial charge on any atom is 0.166 e. The van der Waals surface area contributed by atoms with Gasteiger partial charge in [-0.15, -0.1) is 6.58 Å². The molecule has 160 valence electrons. The van der Waals surface area contributed by atoms with Crippen LogP contribution < -0.4 is 4.74 Å². The van der Waals surface area contributed by atoms with Crippen molar-refractivity contribution in [3.05, 3.63) is 90.3 Å². The summed E-state index contributed by atoms with van der Waals surface area (Å²) < 4.78 is 19.4. The van der Waals surface area contributed by atoms with E-state index in [0.717, 1.165) is 23.3 Å². The van der Waals surface area contributed by atoms with Crippen LogP contribution in [0.3, 0.4) is 0 Å². The third-order valence-corrected chi connectivity index (χ3v) is 7.01. The highest BCUT2D eigenvalue weighted by molar-refractivity contribution is 5.45. The lowest BCUT2D eigenvalue weighted by Crippen LogP contribution is -2.29. The first-order chi connectivity index (χ1) is 15.2. The minimum Gasteiger partial charge on any atom is -0.486 e. The largest absolute Gasteiger partial charge is 0.486 e. The van der Waals surface area contributed by atoms with E-state index in [1.807, 2.05) is 0 Å². The van der Waals surface area contributed by atoms with Crippen molar-refractivity contribution in [3.8, 4) is 17.6 Å². The first-order valence-electron chi connectivity index (χ1n) is 11.4. The summed E-state index contributed by atoms with van der Waals surface area (Å²) in [5.74, 6) is 9.21. The van der Waals surface area contributed by atoms with Crippen LogP contribution in [0.15, 0.2) is 67.8 Å². The molecule has 31 heavy (non-hydrogen) atoms. The van der Waals surface area contributed by atoms with E-state index >= 15 is 0 Å². The molecule has 2 aliphatic rings. The van der Waals surface area contributed by atoms with Crippen molar-refractivity contribution in [2.75, 3.05) is 6.61 Å². The van der Waals surface area contributed by atoms with E-state index in [-0.39, 0.29) is 12.4 Å². The molecule has 2 aromatic carbocycles. The third kappa shape index (κ3) is 5.28. The van der Waals surface area contributed by atoms with Crippen LogP contribution in [0.2, 0.25) is 0 Å². The second kappa shape index (κ2) is 10.0. The highest BCUT2D eigenvalue weighted by atomic mass is 19.1. The van der Waals surface area contributed by atoms with Crippen LogP contribution in [0, 0.1) is 35.4 Å². The van der Waals surface area contributed by atoms with Gasteiger partial charge in [-0.3, -0.25) is 0 Å². The zero-order chi connectivity index (χ0) is 21.6. The summed E-state index contributed by atoms with van der Waals surface area (Å²) >= 11 is 0. The standard InChI is InChI=1S/C29H31FO/c1-3-17-31-29-16-10-23(19-28(29)30)6-5-22-8-11-24(12-9-22)26-15-14-25-18-21(4-2)7-13-27(25)20-26/h3-4,8-12,16,19,21,25-27H,1-2,7,13-15,17-18,20H2. The Morgan fingerprint density at radius 1 is 0.903 bits per heavy atom. The Bertz CT molecular complexity index is 978. The van der Waals surface area contributed by atoms with E-state index in [1.165, 1.54) is 50.2 Å². The van der Waals surface area contributed by atoms with Crippen molar-refractivity contribution in [1.82, 2.24) is 0 Å². The van der Waals surface area contributed by atoms with Crippen LogP contribution in [-0.2, 0) is 0 Å². The van der Waals surface area contributed by atoms with E-state index in [0.29, 0.717) is 11.5 Å². The number of benzene rings is 2. The fraction of sp³-hybridized carbons (Fsp3) is 0.379. The Hall–Kier alpha value is -2.79. The Labute approximate surface area is 186 Å². The van der Waals surface area contributed by atoms with Crippen molar-refractivity contribution in [2.45, 2.75) is 44.4 Å². The van der Waals surface area contributed by atoms with Crippen molar-refractivity contribution < 1.29 is 9.13 Å². The molecule has 2 aromatic rings. The number of halogens is 1. The Morgan fingerprint density at radius 2 is 1.61 bits per heavy atom. The summed E-state index contributed by atoms with van der Waals surface area (Å²) in [5, 5.41) is 0. The lowest BCUT2D eigenvalue weighted by atomic mass is 9.64. The SMILES string of the molecule is C=CCOc1ccc(C#Cc2ccc(C3CCC4CC(C=C)CCC4C3)cc2)cc1F. The molecule has 4 atom stereocenters. The zero-order valence-electron chi connectivity index (χ0n) is 18.2. The third-order valence-electron chi connectivity index (χ3n) is 7.01. The van der Waals surface area contributed by atoms with Gasteiger partial charge in [0.2, 0.25) is 0 Å². The second-order valence-corrected chi connectivity index (χ2v) is 8.96. The number of hydrogen-bond donors (Lipinski definition) is 0. The van der Waals surface area contributed by atoms with Gasteiger partial charge in [0.05, 0.1) is 0 Å². The Balaban J connectivity index is 1.38. The molecule has 4 unspecified atom stereocenters. The Morgan fingerprint density at radius 3 is 2.35 bits per heavy atom. The maximum atomic E-state index is 14.1. The van der Waals surface area contributed by atoms with E-state index in [2.05, 4.69) is 55.3 Å². The van der Waals surface area contributed by atoms with Crippen molar-refractivity contribution in [2.24, 2.45) is 17.8 Å². The smallest absolute Gasteiger partial charge is 0.166 e. The summed E-state index contributed by atoms with van der Waals surface area (Å²) in [6.07, 6.45) is 11.7. The molecule has 0 aromatic heterocycles. The average Bonchev–Trinajstić information content (AvgIpc) is 2.82. The maximum absolute atomic E-state index is 14.1. The molecule has 2 saturated carbocycles. The van der Waals surface area contributed by atoms with Gasteiger partial charge in [0.1, 0.15) is 6.61 Å². The topological polar surface area (TPSA) is 9.23 Å². The van der Waals surface area contributed by atoms with Crippen molar-refractivity contribution in [3.63, 3.8) is 0 Å². The zero-order valence-corrected chi connectivity index (χ0v) is 18.2. The van der Waals surface area contributed by atoms with Crippen LogP contribution in [-0.4, -0.2) is 6.61 Å². The van der Waals surface area contributed by atoms with Gasteiger partial charge in [-0.25, -0.2) is 4.39 Å². The quantitative estimate of drug-likeness (QED) is 0.369. The monoisotopic (exact) mass is 414 g/mol. The van der Waals surface area contributed by atoms with Gasteiger partial charge < -0.3 is 4.74 Å². The number of rotatable bonds is 5. The van der Waals surface area contributed by atoms with Crippen LogP contribution in [0.1, 0.15) is 61.1 Å². The molecular formula is C29H31FO. The summed E-state index contributed by atoms with van der Waals surface area (Å²) in [5.41, 5.74) is 3.03. The summed E-state index contributed by atoms with van der Waals surface area (Å²) in [6, 6.07) is 13.5. The minimum absolute atomic E-state index is 0.225. The highest BCUT2D eigenvalue weighted by Crippen LogP contribution is 2.47. The van der Waals surface area contributed by atoms with Gasteiger partial charge in [-0.05, 0) is 98.1 Å². The van der Waals surface area contributed by atoms with E-state index < -0.39 is 5.82 Å². The van der Waals surface area contributed by atoms with Gasteiger partial charge in [0.25, 0.3) is 0 Å². The van der Waals surface area contributed by atoms with Crippen LogP contribution in [0.5, 0.6) is 5.75 Å². The predicted molar refractivity (Wildman–Crippen MR) is 126 cm³/mol. The number of hydrogen-bond acceptors (Lipinski definition) is 1. The summed E-state index contributed by atoms with van der Waals surface area (Å²) in [6.45, 7) is 7.86. The first kappa shape index (κ1) is 21.4. The van der Waals surface area contributed by atoms with E-state index in [1.54, 1.807) is 18.2 Å². The van der Waals surface area contributed by atoms with Crippen molar-refractivity contribution >= 4 is 0 Å². The molecule has 0 saturated heterocycles. The highest BCUT2D eigenvalue weighted by Gasteiger charge is 2.35. The van der Waals surface area contributed by atoms with Crippen LogP contribution in [0.25, 0.3) is 0 Å². The fourth-order valence-electron chi connectivity index (χ4n) is 5.27. The molecule has 2 fully saturated rings. The molecule has 0 spiro atoms. The second-order valence-electron chi connectivity index (χ2n) is 8.96. The van der Waals surface area contributed by atoms with Gasteiger partial charge in [0.15, 0.2) is 11.6 Å². The molecule has 0 radical (unpaired) electrons. The number of allylic oxidation sites excluding steroid dienone is 1. The molecule has 2 aliphatic carbocycles. The Kier molecular flexibility index (Phi) is 6.92. The number of fused-ring (bicyclic) bond motifs is 1. The summed E-state index contributed by atoms with van der Waals surface area (Å²) in [7, 11) is 0. The van der Waals surface area contributed by atoms with Gasteiger partial charge in [-0.1, -0.05) is 42.7 Å². The molecule has 0 aliphatic heterocycles. The lowest BCUT2D eigenvalue weighted by Gasteiger charge is -2.41. The normalized spacial score (nSPS) is 24.9. The molecule has 4 rings (SSSR count). The van der Waals surface area contributed by atoms with Crippen molar-refractivity contribution in [1.29, 1.82) is 0 Å². The fourth-order valence-corrected chi connectivity index (χ4v) is 5.27. The molecular weight excluding hydrogens is 383 g/mol. The number of ether oxygens (including phenoxy) is 1. The molecule has 1 nitrogen and oxygen atoms in total. The predicted octanol–water partition coefficient (Wildman–Crippen LogP) is 7.28.